The Balaban J connectivity index is 1.69. The molecule has 0 bridgehead atoms. The van der Waals surface area contributed by atoms with Crippen LogP contribution in [0.1, 0.15) is 31.4 Å². The zero-order chi connectivity index (χ0) is 21.2. The minimum absolute atomic E-state index is 0.116. The molecule has 156 valence electrons. The van der Waals surface area contributed by atoms with Crippen molar-refractivity contribution in [3.63, 3.8) is 0 Å². The van der Waals surface area contributed by atoms with Gasteiger partial charge in [0.2, 0.25) is 5.91 Å². The maximum absolute atomic E-state index is 12.2. The molecule has 3 rings (SSSR count). The molecule has 3 aromatic rings. The van der Waals surface area contributed by atoms with Crippen molar-refractivity contribution in [3.8, 4) is 11.3 Å². The van der Waals surface area contributed by atoms with E-state index in [-0.39, 0.29) is 12.0 Å². The molecule has 30 heavy (non-hydrogen) atoms. The molecule has 1 amide bonds. The second-order valence-corrected chi connectivity index (χ2v) is 7.38. The normalized spacial score (nSPS) is 11.3. The van der Waals surface area contributed by atoms with Crippen LogP contribution < -0.4 is 5.32 Å². The molecule has 1 heterocycles. The molecule has 0 saturated carbocycles. The van der Waals surface area contributed by atoms with E-state index in [1.165, 1.54) is 5.56 Å². The maximum Gasteiger partial charge on any atom is 0.244 e. The van der Waals surface area contributed by atoms with Gasteiger partial charge in [0.1, 0.15) is 0 Å². The van der Waals surface area contributed by atoms with Crippen LogP contribution in [0, 0.1) is 0 Å². The average molecular weight is 404 g/mol. The summed E-state index contributed by atoms with van der Waals surface area (Å²) in [6, 6.07) is 20.2. The second-order valence-electron chi connectivity index (χ2n) is 7.38. The van der Waals surface area contributed by atoms with Gasteiger partial charge in [0.05, 0.1) is 18.3 Å². The lowest BCUT2D eigenvalue weighted by atomic mass is 10.1. The molecule has 5 nitrogen and oxygen atoms in total. The van der Waals surface area contributed by atoms with Crippen molar-refractivity contribution < 1.29 is 9.53 Å². The standard InChI is InChI=1S/C25H29N3O2/c1-20(2)30-17-9-16-26-24(29)15-14-23-19-28(18-21-10-5-3-6-11-21)27-25(23)22-12-7-4-8-13-22/h3-8,10-15,19-20H,9,16-18H2,1-2H3,(H,26,29)/b15-14+. The number of aromatic nitrogens is 2. The summed E-state index contributed by atoms with van der Waals surface area (Å²) in [5, 5.41) is 7.67. The lowest BCUT2D eigenvalue weighted by Gasteiger charge is -2.07. The largest absolute Gasteiger partial charge is 0.379 e. The van der Waals surface area contributed by atoms with Gasteiger partial charge in [-0.05, 0) is 31.9 Å². The number of hydrogen-bond acceptors (Lipinski definition) is 3. The van der Waals surface area contributed by atoms with Gasteiger partial charge in [0.25, 0.3) is 0 Å². The molecule has 0 saturated heterocycles. The van der Waals surface area contributed by atoms with Crippen molar-refractivity contribution in [1.29, 1.82) is 0 Å². The third kappa shape index (κ3) is 6.71. The van der Waals surface area contributed by atoms with Gasteiger partial charge in [-0.15, -0.1) is 0 Å². The fourth-order valence-corrected chi connectivity index (χ4v) is 3.06. The van der Waals surface area contributed by atoms with Crippen LogP contribution in [0.25, 0.3) is 17.3 Å². The fraction of sp³-hybridized carbons (Fsp3) is 0.280. The van der Waals surface area contributed by atoms with Crippen LogP contribution in [0.4, 0.5) is 0 Å². The Morgan fingerprint density at radius 1 is 1.10 bits per heavy atom. The molecule has 0 fully saturated rings. The van der Waals surface area contributed by atoms with E-state index >= 15 is 0 Å². The SMILES string of the molecule is CC(C)OCCCNC(=O)/C=C/c1cn(Cc2ccccc2)nc1-c1ccccc1. The van der Waals surface area contributed by atoms with Gasteiger partial charge in [-0.25, -0.2) is 0 Å². The molecule has 0 spiro atoms. The van der Waals surface area contributed by atoms with E-state index in [9.17, 15) is 4.79 Å². The topological polar surface area (TPSA) is 56.1 Å². The van der Waals surface area contributed by atoms with Gasteiger partial charge < -0.3 is 10.1 Å². The van der Waals surface area contributed by atoms with Gasteiger partial charge in [0.15, 0.2) is 0 Å². The van der Waals surface area contributed by atoms with Crippen LogP contribution in [0.5, 0.6) is 0 Å². The number of carbonyl (C=O) groups excluding carboxylic acids is 1. The Labute approximate surface area is 178 Å². The minimum Gasteiger partial charge on any atom is -0.379 e. The van der Waals surface area contributed by atoms with Gasteiger partial charge in [-0.2, -0.15) is 5.10 Å². The summed E-state index contributed by atoms with van der Waals surface area (Å²) >= 11 is 0. The number of hydrogen-bond donors (Lipinski definition) is 1. The highest BCUT2D eigenvalue weighted by atomic mass is 16.5. The number of amides is 1. The highest BCUT2D eigenvalue weighted by Gasteiger charge is 2.10. The van der Waals surface area contributed by atoms with E-state index in [1.807, 2.05) is 79.3 Å². The average Bonchev–Trinajstić information content (AvgIpc) is 3.15. The summed E-state index contributed by atoms with van der Waals surface area (Å²) in [5.41, 5.74) is 3.98. The van der Waals surface area contributed by atoms with Crippen molar-refractivity contribution in [3.05, 3.63) is 84.1 Å². The molecule has 0 aliphatic heterocycles. The van der Waals surface area contributed by atoms with E-state index in [2.05, 4.69) is 17.4 Å². The summed E-state index contributed by atoms with van der Waals surface area (Å²) < 4.78 is 7.40. The highest BCUT2D eigenvalue weighted by Crippen LogP contribution is 2.23. The van der Waals surface area contributed by atoms with Crippen LogP contribution in [0.3, 0.4) is 0 Å². The Morgan fingerprint density at radius 2 is 1.80 bits per heavy atom. The minimum atomic E-state index is -0.116. The molecular weight excluding hydrogens is 374 g/mol. The van der Waals surface area contributed by atoms with Crippen LogP contribution in [-0.4, -0.2) is 34.9 Å². The van der Waals surface area contributed by atoms with E-state index in [0.29, 0.717) is 19.7 Å². The number of carbonyl (C=O) groups is 1. The third-order valence-corrected chi connectivity index (χ3v) is 4.51. The zero-order valence-corrected chi connectivity index (χ0v) is 17.6. The van der Waals surface area contributed by atoms with E-state index in [0.717, 1.165) is 23.2 Å². The first-order valence-electron chi connectivity index (χ1n) is 10.4. The fourth-order valence-electron chi connectivity index (χ4n) is 3.06. The second kappa shape index (κ2) is 11.1. The van der Waals surface area contributed by atoms with Crippen LogP contribution >= 0.6 is 0 Å². The first-order chi connectivity index (χ1) is 14.6. The molecule has 0 unspecified atom stereocenters. The van der Waals surface area contributed by atoms with Crippen molar-refractivity contribution in [2.24, 2.45) is 0 Å². The predicted octanol–water partition coefficient (Wildman–Crippen LogP) is 4.54. The number of rotatable bonds is 10. The van der Waals surface area contributed by atoms with Gasteiger partial charge in [0, 0.05) is 36.6 Å². The van der Waals surface area contributed by atoms with E-state index in [1.54, 1.807) is 6.08 Å². The predicted molar refractivity (Wildman–Crippen MR) is 121 cm³/mol. The molecule has 0 aliphatic rings. The first-order valence-corrected chi connectivity index (χ1v) is 10.4. The maximum atomic E-state index is 12.2. The molecule has 2 aromatic carbocycles. The summed E-state index contributed by atoms with van der Waals surface area (Å²) in [6.45, 7) is 5.92. The number of ether oxygens (including phenoxy) is 1. The molecule has 5 heteroatoms. The molecule has 0 atom stereocenters. The van der Waals surface area contributed by atoms with Crippen molar-refractivity contribution in [2.75, 3.05) is 13.2 Å². The third-order valence-electron chi connectivity index (χ3n) is 4.51. The van der Waals surface area contributed by atoms with Crippen molar-refractivity contribution >= 4 is 12.0 Å². The van der Waals surface area contributed by atoms with Crippen LogP contribution in [0.15, 0.2) is 72.9 Å². The summed E-state index contributed by atoms with van der Waals surface area (Å²) in [6.07, 6.45) is 6.39. The lowest BCUT2D eigenvalue weighted by Crippen LogP contribution is -2.23. The van der Waals surface area contributed by atoms with Crippen molar-refractivity contribution in [2.45, 2.75) is 32.9 Å². The van der Waals surface area contributed by atoms with Crippen LogP contribution in [0.2, 0.25) is 0 Å². The molecule has 0 radical (unpaired) electrons. The molecule has 1 N–H and O–H groups in total. The summed E-state index contributed by atoms with van der Waals surface area (Å²) in [7, 11) is 0. The molecule has 1 aromatic heterocycles. The Hall–Kier alpha value is -3.18. The van der Waals surface area contributed by atoms with Gasteiger partial charge >= 0.3 is 0 Å². The monoisotopic (exact) mass is 403 g/mol. The Kier molecular flexibility index (Phi) is 7.98. The first kappa shape index (κ1) is 21.5. The summed E-state index contributed by atoms with van der Waals surface area (Å²) in [5.74, 6) is -0.116. The van der Waals surface area contributed by atoms with E-state index in [4.69, 9.17) is 9.84 Å². The van der Waals surface area contributed by atoms with Crippen molar-refractivity contribution in [1.82, 2.24) is 15.1 Å². The smallest absolute Gasteiger partial charge is 0.244 e. The highest BCUT2D eigenvalue weighted by molar-refractivity contribution is 5.92. The number of benzene rings is 2. The molecular formula is C25H29N3O2. The lowest BCUT2D eigenvalue weighted by molar-refractivity contribution is -0.116. The Morgan fingerprint density at radius 3 is 2.50 bits per heavy atom. The van der Waals surface area contributed by atoms with E-state index < -0.39 is 0 Å². The quantitative estimate of drug-likeness (QED) is 0.399. The van der Waals surface area contributed by atoms with Crippen LogP contribution in [-0.2, 0) is 16.1 Å². The van der Waals surface area contributed by atoms with Gasteiger partial charge in [-0.1, -0.05) is 60.7 Å². The zero-order valence-electron chi connectivity index (χ0n) is 17.6. The number of nitrogens with zero attached hydrogens (tertiary/aromatic N) is 2. The Bertz CT molecular complexity index is 947. The summed E-state index contributed by atoms with van der Waals surface area (Å²) in [4.78, 5) is 12.2. The molecule has 0 aliphatic carbocycles. The van der Waals surface area contributed by atoms with Gasteiger partial charge in [-0.3, -0.25) is 9.48 Å². The number of nitrogens with one attached hydrogen (secondary N) is 1.